The van der Waals surface area contributed by atoms with Gasteiger partial charge in [0.05, 0.1) is 0 Å². The van der Waals surface area contributed by atoms with Crippen molar-refractivity contribution in [1.82, 2.24) is 0 Å². The summed E-state index contributed by atoms with van der Waals surface area (Å²) < 4.78 is 0. The van der Waals surface area contributed by atoms with Crippen LogP contribution < -0.4 is 0 Å². The SMILES string of the molecule is CCCCc1c(C)cc(O)cc1C.CCc1cc(O)cc(C)c1C. The van der Waals surface area contributed by atoms with Crippen molar-refractivity contribution in [3.05, 3.63) is 57.6 Å². The topological polar surface area (TPSA) is 40.5 Å². The van der Waals surface area contributed by atoms with E-state index in [1.807, 2.05) is 25.1 Å². The van der Waals surface area contributed by atoms with Crippen LogP contribution in [0.4, 0.5) is 0 Å². The van der Waals surface area contributed by atoms with Gasteiger partial charge in [-0.15, -0.1) is 0 Å². The molecular weight excluding hydrogens is 296 g/mol. The van der Waals surface area contributed by atoms with E-state index in [4.69, 9.17) is 0 Å². The predicted octanol–water partition coefficient (Wildman–Crippen LogP) is 5.92. The highest BCUT2D eigenvalue weighted by molar-refractivity contribution is 5.41. The van der Waals surface area contributed by atoms with E-state index in [9.17, 15) is 10.2 Å². The Morgan fingerprint density at radius 1 is 0.750 bits per heavy atom. The van der Waals surface area contributed by atoms with Gasteiger partial charge in [-0.3, -0.25) is 0 Å². The second-order valence-electron chi connectivity index (χ2n) is 6.56. The van der Waals surface area contributed by atoms with E-state index >= 15 is 0 Å². The fourth-order valence-electron chi connectivity index (χ4n) is 3.00. The molecule has 2 rings (SSSR count). The number of aromatic hydroxyl groups is 2. The van der Waals surface area contributed by atoms with Gasteiger partial charge in [-0.1, -0.05) is 20.3 Å². The van der Waals surface area contributed by atoms with Crippen molar-refractivity contribution in [2.24, 2.45) is 0 Å². The van der Waals surface area contributed by atoms with Crippen LogP contribution in [0, 0.1) is 27.7 Å². The molecule has 2 nitrogen and oxygen atoms in total. The van der Waals surface area contributed by atoms with Gasteiger partial charge in [-0.05, 0) is 105 Å². The van der Waals surface area contributed by atoms with Crippen LogP contribution in [-0.2, 0) is 12.8 Å². The van der Waals surface area contributed by atoms with E-state index in [1.165, 1.54) is 46.2 Å². The summed E-state index contributed by atoms with van der Waals surface area (Å²) in [5.74, 6) is 0.764. The molecule has 0 amide bonds. The summed E-state index contributed by atoms with van der Waals surface area (Å²) in [6, 6.07) is 7.33. The standard InChI is InChI=1S/C12H18O.C10H14O/c1-4-5-6-12-9(2)7-11(13)8-10(12)3;1-4-9-6-10(11)5-7(2)8(9)3/h7-8,13H,4-6H2,1-3H3;5-6,11H,4H2,1-3H3. The average molecular weight is 328 g/mol. The van der Waals surface area contributed by atoms with Gasteiger partial charge in [0.25, 0.3) is 0 Å². The Bertz CT molecular complexity index is 649. The molecule has 0 bridgehead atoms. The van der Waals surface area contributed by atoms with Crippen LogP contribution >= 0.6 is 0 Å². The highest BCUT2D eigenvalue weighted by Crippen LogP contribution is 2.22. The molecule has 0 heterocycles. The lowest BCUT2D eigenvalue weighted by molar-refractivity contribution is 0.473. The third-order valence-corrected chi connectivity index (χ3v) is 4.60. The molecule has 2 N–H and O–H groups in total. The molecular formula is C22H32O2. The predicted molar refractivity (Wildman–Crippen MR) is 103 cm³/mol. The molecule has 0 fully saturated rings. The van der Waals surface area contributed by atoms with Crippen molar-refractivity contribution >= 4 is 0 Å². The van der Waals surface area contributed by atoms with Crippen molar-refractivity contribution in [1.29, 1.82) is 0 Å². The second kappa shape index (κ2) is 9.36. The number of aryl methyl sites for hydroxylation is 4. The largest absolute Gasteiger partial charge is 0.508 e. The zero-order chi connectivity index (χ0) is 18.3. The molecule has 2 aromatic carbocycles. The first-order chi connectivity index (χ1) is 11.3. The minimum absolute atomic E-state index is 0.380. The van der Waals surface area contributed by atoms with E-state index in [0.717, 1.165) is 12.8 Å². The van der Waals surface area contributed by atoms with Crippen molar-refractivity contribution in [2.75, 3.05) is 0 Å². The van der Waals surface area contributed by atoms with Gasteiger partial charge in [-0.25, -0.2) is 0 Å². The van der Waals surface area contributed by atoms with Gasteiger partial charge in [0.15, 0.2) is 0 Å². The Morgan fingerprint density at radius 3 is 1.75 bits per heavy atom. The Morgan fingerprint density at radius 2 is 1.25 bits per heavy atom. The molecule has 0 aliphatic rings. The van der Waals surface area contributed by atoms with Crippen LogP contribution in [0.5, 0.6) is 11.5 Å². The quantitative estimate of drug-likeness (QED) is 0.731. The van der Waals surface area contributed by atoms with Gasteiger partial charge in [-0.2, -0.15) is 0 Å². The minimum atomic E-state index is 0.380. The molecule has 24 heavy (non-hydrogen) atoms. The fourth-order valence-corrected chi connectivity index (χ4v) is 3.00. The first kappa shape index (κ1) is 20.1. The zero-order valence-electron chi connectivity index (χ0n) is 16.0. The van der Waals surface area contributed by atoms with E-state index < -0.39 is 0 Å². The highest BCUT2D eigenvalue weighted by atomic mass is 16.3. The molecule has 0 aromatic heterocycles. The van der Waals surface area contributed by atoms with Crippen molar-refractivity contribution in [2.45, 2.75) is 67.2 Å². The van der Waals surface area contributed by atoms with Crippen molar-refractivity contribution in [3.8, 4) is 11.5 Å². The first-order valence-corrected chi connectivity index (χ1v) is 8.88. The second-order valence-corrected chi connectivity index (χ2v) is 6.56. The van der Waals surface area contributed by atoms with Gasteiger partial charge in [0, 0.05) is 0 Å². The van der Waals surface area contributed by atoms with Gasteiger partial charge >= 0.3 is 0 Å². The first-order valence-electron chi connectivity index (χ1n) is 8.88. The molecule has 132 valence electrons. The maximum Gasteiger partial charge on any atom is 0.116 e. The monoisotopic (exact) mass is 328 g/mol. The van der Waals surface area contributed by atoms with Crippen LogP contribution in [0.3, 0.4) is 0 Å². The lowest BCUT2D eigenvalue weighted by Gasteiger charge is -2.09. The van der Waals surface area contributed by atoms with Gasteiger partial charge < -0.3 is 10.2 Å². The lowest BCUT2D eigenvalue weighted by atomic mass is 9.98. The molecule has 0 spiro atoms. The maximum atomic E-state index is 9.34. The van der Waals surface area contributed by atoms with Crippen LogP contribution in [0.2, 0.25) is 0 Å². The van der Waals surface area contributed by atoms with E-state index in [-0.39, 0.29) is 0 Å². The summed E-state index contributed by atoms with van der Waals surface area (Å²) in [5.41, 5.74) is 7.53. The number of phenols is 2. The van der Waals surface area contributed by atoms with E-state index in [1.54, 1.807) is 6.07 Å². The van der Waals surface area contributed by atoms with Gasteiger partial charge in [0.1, 0.15) is 11.5 Å². The highest BCUT2D eigenvalue weighted by Gasteiger charge is 2.03. The van der Waals surface area contributed by atoms with E-state index in [2.05, 4.69) is 34.6 Å². The third kappa shape index (κ3) is 5.59. The third-order valence-electron chi connectivity index (χ3n) is 4.60. The average Bonchev–Trinajstić information content (AvgIpc) is 2.50. The van der Waals surface area contributed by atoms with Crippen LogP contribution in [0.15, 0.2) is 24.3 Å². The fraction of sp³-hybridized carbons (Fsp3) is 0.455. The number of phenolic OH excluding ortho intramolecular Hbond substituents is 2. The Kier molecular flexibility index (Phi) is 7.84. The normalized spacial score (nSPS) is 10.2. The number of benzene rings is 2. The molecule has 0 aliphatic heterocycles. The number of hydrogen-bond donors (Lipinski definition) is 2. The van der Waals surface area contributed by atoms with Crippen LogP contribution in [0.1, 0.15) is 60.1 Å². The summed E-state index contributed by atoms with van der Waals surface area (Å²) in [4.78, 5) is 0. The summed E-state index contributed by atoms with van der Waals surface area (Å²) >= 11 is 0. The van der Waals surface area contributed by atoms with Crippen molar-refractivity contribution < 1.29 is 10.2 Å². The molecule has 0 atom stereocenters. The molecule has 0 aliphatic carbocycles. The van der Waals surface area contributed by atoms with Crippen LogP contribution in [-0.4, -0.2) is 10.2 Å². The van der Waals surface area contributed by atoms with Crippen LogP contribution in [0.25, 0.3) is 0 Å². The number of rotatable bonds is 4. The summed E-state index contributed by atoms with van der Waals surface area (Å²) in [5, 5.41) is 18.6. The molecule has 0 saturated carbocycles. The smallest absolute Gasteiger partial charge is 0.116 e. The zero-order valence-corrected chi connectivity index (χ0v) is 16.0. The minimum Gasteiger partial charge on any atom is -0.508 e. The van der Waals surface area contributed by atoms with Gasteiger partial charge in [0.2, 0.25) is 0 Å². The van der Waals surface area contributed by atoms with Crippen molar-refractivity contribution in [3.63, 3.8) is 0 Å². The Labute approximate surface area is 147 Å². The summed E-state index contributed by atoms with van der Waals surface area (Å²) in [6.45, 7) is 12.5. The maximum absolute atomic E-state index is 9.34. The van der Waals surface area contributed by atoms with E-state index in [0.29, 0.717) is 11.5 Å². The number of unbranched alkanes of at least 4 members (excludes halogenated alkanes) is 1. The molecule has 2 aromatic rings. The summed E-state index contributed by atoms with van der Waals surface area (Å²) in [6.07, 6.45) is 4.57. The molecule has 0 unspecified atom stereocenters. The molecule has 0 radical (unpaired) electrons. The Balaban J connectivity index is 0.000000243. The summed E-state index contributed by atoms with van der Waals surface area (Å²) in [7, 11) is 0. The number of hydrogen-bond acceptors (Lipinski definition) is 2. The Hall–Kier alpha value is -1.96. The molecule has 2 heteroatoms. The molecule has 0 saturated heterocycles. The lowest BCUT2D eigenvalue weighted by Crippen LogP contribution is -1.93.